The first-order valence-electron chi connectivity index (χ1n) is 14.9. The van der Waals surface area contributed by atoms with E-state index in [0.29, 0.717) is 32.4 Å². The van der Waals surface area contributed by atoms with Gasteiger partial charge in [-0.05, 0) is 52.9 Å². The van der Waals surface area contributed by atoms with Gasteiger partial charge in [-0.1, -0.05) is 64.7 Å². The van der Waals surface area contributed by atoms with Gasteiger partial charge >= 0.3 is 5.97 Å². The van der Waals surface area contributed by atoms with Gasteiger partial charge in [-0.3, -0.25) is 14.9 Å². The highest BCUT2D eigenvalue weighted by molar-refractivity contribution is 5.79. The quantitative estimate of drug-likeness (QED) is 0.128. The molecule has 0 saturated heterocycles. The number of rotatable bonds is 20. The number of unbranched alkanes of at least 4 members (excludes halogenated alkanes) is 10. The van der Waals surface area contributed by atoms with Gasteiger partial charge in [0.25, 0.3) is 0 Å². The number of amides is 1. The highest BCUT2D eigenvalue weighted by Crippen LogP contribution is 2.28. The lowest BCUT2D eigenvalue weighted by Gasteiger charge is -2.39. The maximum atomic E-state index is 12.7. The number of aliphatic carboxylic acids is 1. The Balaban J connectivity index is 2.32. The van der Waals surface area contributed by atoms with Crippen molar-refractivity contribution in [2.45, 2.75) is 154 Å². The van der Waals surface area contributed by atoms with E-state index in [-0.39, 0.29) is 12.0 Å². The summed E-state index contributed by atoms with van der Waals surface area (Å²) in [5.41, 5.74) is -0.314. The monoisotopic (exact) mass is 544 g/mol. The first-order chi connectivity index (χ1) is 18.0. The number of carbonyl (C=O) groups is 2. The van der Waals surface area contributed by atoms with Gasteiger partial charge in [0.1, 0.15) is 18.2 Å². The summed E-state index contributed by atoms with van der Waals surface area (Å²) >= 11 is 0. The van der Waals surface area contributed by atoms with Crippen LogP contribution < -0.4 is 10.6 Å². The van der Waals surface area contributed by atoms with Crippen LogP contribution in [0.2, 0.25) is 0 Å². The van der Waals surface area contributed by atoms with Crippen LogP contribution in [0.4, 0.5) is 0 Å². The molecular formula is C29H56N2O7. The number of carbonyl (C=O) groups excluding carboxylic acids is 1. The smallest absolute Gasteiger partial charge is 0.320 e. The number of aliphatic hydroxyl groups excluding tert-OH is 3. The standard InChI is InChI=1S/C29H56N2O7/c1-5-6-7-8-9-10-11-12-13-16-19-38-23-20-21(24(32)26(34)25(23)33)27(35)30-18-15-14-17-22(28(36)37)31-29(2,3)4/h21-26,31-34H,5-20H2,1-4H3,(H,30,35)(H,36,37)/t21?,22-,23+,24+,25-,26-/m0/s1. The van der Waals surface area contributed by atoms with Gasteiger partial charge in [-0.25, -0.2) is 0 Å². The topological polar surface area (TPSA) is 148 Å². The molecule has 1 rings (SSSR count). The van der Waals surface area contributed by atoms with Crippen molar-refractivity contribution in [2.24, 2.45) is 5.92 Å². The number of aliphatic hydroxyl groups is 3. The van der Waals surface area contributed by atoms with Crippen LogP contribution >= 0.6 is 0 Å². The van der Waals surface area contributed by atoms with Crippen LogP contribution in [0.25, 0.3) is 0 Å². The Bertz CT molecular complexity index is 655. The molecule has 6 N–H and O–H groups in total. The number of carboxylic acid groups (broad SMARTS) is 1. The van der Waals surface area contributed by atoms with Crippen molar-refractivity contribution in [3.8, 4) is 0 Å². The van der Waals surface area contributed by atoms with Gasteiger partial charge in [-0.2, -0.15) is 0 Å². The Morgan fingerprint density at radius 2 is 1.42 bits per heavy atom. The van der Waals surface area contributed by atoms with Crippen LogP contribution in [0.5, 0.6) is 0 Å². The van der Waals surface area contributed by atoms with Crippen LogP contribution in [0, 0.1) is 5.92 Å². The summed E-state index contributed by atoms with van der Waals surface area (Å²) in [4.78, 5) is 24.2. The first kappa shape index (κ1) is 34.8. The average molecular weight is 545 g/mol. The molecule has 1 unspecified atom stereocenters. The van der Waals surface area contributed by atoms with Gasteiger partial charge < -0.3 is 30.5 Å². The minimum atomic E-state index is -1.45. The molecule has 1 saturated carbocycles. The van der Waals surface area contributed by atoms with Gasteiger partial charge in [0.2, 0.25) is 5.91 Å². The third kappa shape index (κ3) is 14.2. The summed E-state index contributed by atoms with van der Waals surface area (Å²) in [7, 11) is 0. The lowest BCUT2D eigenvalue weighted by atomic mass is 9.80. The highest BCUT2D eigenvalue weighted by atomic mass is 16.5. The van der Waals surface area contributed by atoms with E-state index in [0.717, 1.165) is 19.3 Å². The zero-order valence-electron chi connectivity index (χ0n) is 24.3. The van der Waals surface area contributed by atoms with Crippen molar-refractivity contribution < 1.29 is 34.8 Å². The van der Waals surface area contributed by atoms with Crippen molar-refractivity contribution >= 4 is 11.9 Å². The van der Waals surface area contributed by atoms with Gasteiger partial charge in [-0.15, -0.1) is 0 Å². The fourth-order valence-corrected chi connectivity index (χ4v) is 5.04. The molecule has 224 valence electrons. The molecule has 6 atom stereocenters. The molecule has 0 aromatic rings. The molecular weight excluding hydrogens is 488 g/mol. The minimum Gasteiger partial charge on any atom is -0.480 e. The van der Waals surface area contributed by atoms with E-state index < -0.39 is 48.3 Å². The predicted octanol–water partition coefficient (Wildman–Crippen LogP) is 3.52. The molecule has 0 radical (unpaired) electrons. The maximum absolute atomic E-state index is 12.7. The van der Waals surface area contributed by atoms with Gasteiger partial charge in [0, 0.05) is 18.7 Å². The van der Waals surface area contributed by atoms with Crippen LogP contribution in [0.1, 0.15) is 118 Å². The Hall–Kier alpha value is -1.26. The number of hydrogen-bond donors (Lipinski definition) is 6. The highest BCUT2D eigenvalue weighted by Gasteiger charge is 2.46. The average Bonchev–Trinajstić information content (AvgIpc) is 2.85. The molecule has 0 heterocycles. The molecule has 38 heavy (non-hydrogen) atoms. The predicted molar refractivity (Wildman–Crippen MR) is 149 cm³/mol. The fourth-order valence-electron chi connectivity index (χ4n) is 5.04. The summed E-state index contributed by atoms with van der Waals surface area (Å²) in [5, 5.41) is 46.3. The van der Waals surface area contributed by atoms with E-state index in [2.05, 4.69) is 17.6 Å². The lowest BCUT2D eigenvalue weighted by molar-refractivity contribution is -0.179. The Morgan fingerprint density at radius 1 is 0.842 bits per heavy atom. The first-order valence-corrected chi connectivity index (χ1v) is 14.9. The normalized spacial score (nSPS) is 24.8. The van der Waals surface area contributed by atoms with Crippen LogP contribution in [0.3, 0.4) is 0 Å². The minimum absolute atomic E-state index is 0.138. The van der Waals surface area contributed by atoms with Crippen molar-refractivity contribution in [1.29, 1.82) is 0 Å². The summed E-state index contributed by atoms with van der Waals surface area (Å²) in [5.74, 6) is -2.16. The molecule has 0 bridgehead atoms. The van der Waals surface area contributed by atoms with E-state index in [1.807, 2.05) is 20.8 Å². The molecule has 0 aromatic carbocycles. The van der Waals surface area contributed by atoms with Crippen molar-refractivity contribution in [1.82, 2.24) is 10.6 Å². The Labute approximate surface area is 230 Å². The maximum Gasteiger partial charge on any atom is 0.320 e. The summed E-state index contributed by atoms with van der Waals surface area (Å²) in [6.45, 7) is 8.76. The zero-order chi connectivity index (χ0) is 28.6. The third-order valence-corrected chi connectivity index (χ3v) is 7.27. The summed E-state index contributed by atoms with van der Waals surface area (Å²) < 4.78 is 5.83. The molecule has 0 aliphatic heterocycles. The Kier molecular flexibility index (Phi) is 17.3. The second-order valence-electron chi connectivity index (χ2n) is 12.0. The summed E-state index contributed by atoms with van der Waals surface area (Å²) in [6, 6.07) is -0.657. The van der Waals surface area contributed by atoms with Crippen LogP contribution in [0.15, 0.2) is 0 Å². The van der Waals surface area contributed by atoms with E-state index in [4.69, 9.17) is 4.74 Å². The summed E-state index contributed by atoms with van der Waals surface area (Å²) in [6.07, 6.45) is 9.09. The molecule has 9 nitrogen and oxygen atoms in total. The van der Waals surface area contributed by atoms with Crippen LogP contribution in [-0.2, 0) is 14.3 Å². The molecule has 1 fully saturated rings. The molecule has 1 aliphatic carbocycles. The third-order valence-electron chi connectivity index (χ3n) is 7.27. The molecule has 9 heteroatoms. The van der Waals surface area contributed by atoms with E-state index in [1.54, 1.807) is 0 Å². The van der Waals surface area contributed by atoms with Gasteiger partial charge in [0.15, 0.2) is 0 Å². The number of hydrogen-bond acceptors (Lipinski definition) is 7. The SMILES string of the molecule is CCCCCCCCCCCCO[C@@H]1CC(C(=O)NCCCC[C@H](NC(C)(C)C)C(=O)O)[C@@H](O)[C@H](O)[C@H]1O. The van der Waals surface area contributed by atoms with Gasteiger partial charge in [0.05, 0.1) is 18.1 Å². The second-order valence-corrected chi connectivity index (χ2v) is 12.0. The van der Waals surface area contributed by atoms with E-state index >= 15 is 0 Å². The number of nitrogens with one attached hydrogen (secondary N) is 2. The number of ether oxygens (including phenoxy) is 1. The zero-order valence-corrected chi connectivity index (χ0v) is 24.3. The van der Waals surface area contributed by atoms with Crippen molar-refractivity contribution in [3.63, 3.8) is 0 Å². The Morgan fingerprint density at radius 3 is 1.97 bits per heavy atom. The van der Waals surface area contributed by atoms with Crippen LogP contribution in [-0.4, -0.2) is 81.5 Å². The molecule has 0 spiro atoms. The molecule has 1 aliphatic rings. The molecule has 0 aromatic heterocycles. The molecule has 1 amide bonds. The second kappa shape index (κ2) is 18.9. The number of carboxylic acids is 1. The van der Waals surface area contributed by atoms with Crippen molar-refractivity contribution in [2.75, 3.05) is 13.2 Å². The van der Waals surface area contributed by atoms with E-state index in [1.165, 1.54) is 44.9 Å². The largest absolute Gasteiger partial charge is 0.480 e. The van der Waals surface area contributed by atoms with Crippen molar-refractivity contribution in [3.05, 3.63) is 0 Å². The van der Waals surface area contributed by atoms with E-state index in [9.17, 15) is 30.0 Å². The lowest BCUT2D eigenvalue weighted by Crippen LogP contribution is -2.57. The fraction of sp³-hybridized carbons (Fsp3) is 0.931.